The Morgan fingerprint density at radius 1 is 1.18 bits per heavy atom. The van der Waals surface area contributed by atoms with Gasteiger partial charge in [0.2, 0.25) is 5.69 Å². The Morgan fingerprint density at radius 3 is 2.55 bits per heavy atom. The van der Waals surface area contributed by atoms with E-state index in [4.69, 9.17) is 0 Å². The molecule has 1 aliphatic rings. The maximum atomic E-state index is 9.38. The fraction of sp³-hybridized carbons (Fsp3) is 0.471. The molecule has 1 saturated heterocycles. The minimum absolute atomic E-state index is 0.412. The number of rotatable bonds is 2. The van der Waals surface area contributed by atoms with Gasteiger partial charge in [-0.15, -0.1) is 15.0 Å². The summed E-state index contributed by atoms with van der Waals surface area (Å²) in [5.74, 6) is 1.46. The minimum Gasteiger partial charge on any atom is -0.353 e. The first-order valence-electron chi connectivity index (χ1n) is 7.78. The summed E-state index contributed by atoms with van der Waals surface area (Å²) >= 11 is 0. The fourth-order valence-electron chi connectivity index (χ4n) is 2.94. The molecule has 5 nitrogen and oxygen atoms in total. The van der Waals surface area contributed by atoms with E-state index >= 15 is 0 Å². The van der Waals surface area contributed by atoms with E-state index in [-0.39, 0.29) is 0 Å². The highest BCUT2D eigenvalue weighted by molar-refractivity contribution is 5.51. The van der Waals surface area contributed by atoms with E-state index in [0.29, 0.717) is 5.69 Å². The van der Waals surface area contributed by atoms with E-state index in [9.17, 15) is 5.26 Å². The summed E-state index contributed by atoms with van der Waals surface area (Å²) in [6.45, 7) is 8.27. The van der Waals surface area contributed by atoms with Gasteiger partial charge in [0.05, 0.1) is 5.69 Å². The lowest BCUT2D eigenvalue weighted by Gasteiger charge is -2.30. The largest absolute Gasteiger partial charge is 0.353 e. The smallest absolute Gasteiger partial charge is 0.207 e. The van der Waals surface area contributed by atoms with Gasteiger partial charge in [-0.05, 0) is 44.2 Å². The third-order valence-electron chi connectivity index (χ3n) is 4.35. The number of nitrogens with zero attached hydrogens (tertiary/aromatic N) is 5. The number of aromatic nitrogens is 3. The van der Waals surface area contributed by atoms with Crippen LogP contribution in [0.15, 0.2) is 18.2 Å². The topological polar surface area (TPSA) is 57.7 Å². The van der Waals surface area contributed by atoms with Gasteiger partial charge in [-0.1, -0.05) is 24.6 Å². The Balaban J connectivity index is 1.96. The minimum atomic E-state index is 0.412. The number of hydrogen-bond donors (Lipinski definition) is 0. The van der Waals surface area contributed by atoms with E-state index in [1.807, 2.05) is 19.1 Å². The van der Waals surface area contributed by atoms with Crippen molar-refractivity contribution in [1.82, 2.24) is 15.0 Å². The van der Waals surface area contributed by atoms with Crippen LogP contribution in [0.25, 0.3) is 5.69 Å². The van der Waals surface area contributed by atoms with Gasteiger partial charge in [0, 0.05) is 13.1 Å². The predicted octanol–water partition coefficient (Wildman–Crippen LogP) is 2.99. The third-order valence-corrected chi connectivity index (χ3v) is 4.35. The summed E-state index contributed by atoms with van der Waals surface area (Å²) in [5.41, 5.74) is 3.66. The Hall–Kier alpha value is -2.35. The van der Waals surface area contributed by atoms with Crippen molar-refractivity contribution in [2.45, 2.75) is 33.6 Å². The van der Waals surface area contributed by atoms with E-state index in [1.54, 1.807) is 4.80 Å². The molecule has 22 heavy (non-hydrogen) atoms. The zero-order valence-electron chi connectivity index (χ0n) is 13.4. The quantitative estimate of drug-likeness (QED) is 0.854. The van der Waals surface area contributed by atoms with Crippen molar-refractivity contribution in [2.24, 2.45) is 5.92 Å². The van der Waals surface area contributed by atoms with Crippen LogP contribution in [-0.2, 0) is 0 Å². The van der Waals surface area contributed by atoms with Crippen molar-refractivity contribution in [3.05, 3.63) is 35.0 Å². The standard InChI is InChI=1S/C17H21N5/c1-12-6-8-21(9-7-12)17-15(11-18)19-22(20-17)16-5-4-13(2)10-14(16)3/h4-5,10,12H,6-9H2,1-3H3. The molecule has 114 valence electrons. The molecule has 2 heterocycles. The first-order valence-corrected chi connectivity index (χ1v) is 7.78. The Morgan fingerprint density at radius 2 is 1.91 bits per heavy atom. The van der Waals surface area contributed by atoms with E-state index in [0.717, 1.165) is 48.9 Å². The van der Waals surface area contributed by atoms with Gasteiger partial charge in [-0.2, -0.15) is 5.26 Å². The normalized spacial score (nSPS) is 15.8. The lowest BCUT2D eigenvalue weighted by Crippen LogP contribution is -2.33. The number of piperidine rings is 1. The summed E-state index contributed by atoms with van der Waals surface area (Å²) in [6.07, 6.45) is 2.28. The molecule has 0 saturated carbocycles. The number of aryl methyl sites for hydroxylation is 2. The van der Waals surface area contributed by atoms with Crippen LogP contribution >= 0.6 is 0 Å². The fourth-order valence-corrected chi connectivity index (χ4v) is 2.94. The Bertz CT molecular complexity index is 717. The monoisotopic (exact) mass is 295 g/mol. The number of anilines is 1. The summed E-state index contributed by atoms with van der Waals surface area (Å²) < 4.78 is 0. The van der Waals surface area contributed by atoms with E-state index in [2.05, 4.69) is 41.1 Å². The highest BCUT2D eigenvalue weighted by Crippen LogP contribution is 2.24. The lowest BCUT2D eigenvalue weighted by molar-refractivity contribution is 0.436. The lowest BCUT2D eigenvalue weighted by atomic mass is 9.99. The van der Waals surface area contributed by atoms with Crippen molar-refractivity contribution in [2.75, 3.05) is 18.0 Å². The maximum Gasteiger partial charge on any atom is 0.207 e. The van der Waals surface area contributed by atoms with Crippen LogP contribution in [0.2, 0.25) is 0 Å². The molecule has 0 N–H and O–H groups in total. The molecule has 1 aromatic carbocycles. The van der Waals surface area contributed by atoms with E-state index < -0.39 is 0 Å². The molecule has 0 unspecified atom stereocenters. The second kappa shape index (κ2) is 5.80. The van der Waals surface area contributed by atoms with E-state index in [1.165, 1.54) is 5.56 Å². The molecule has 1 fully saturated rings. The zero-order valence-corrected chi connectivity index (χ0v) is 13.4. The van der Waals surface area contributed by atoms with Gasteiger partial charge in [0.1, 0.15) is 6.07 Å². The molecule has 1 aromatic heterocycles. The molecular weight excluding hydrogens is 274 g/mol. The molecule has 0 amide bonds. The zero-order chi connectivity index (χ0) is 15.7. The van der Waals surface area contributed by atoms with Crippen molar-refractivity contribution in [3.8, 4) is 11.8 Å². The Kier molecular flexibility index (Phi) is 3.84. The molecule has 0 aliphatic carbocycles. The van der Waals surface area contributed by atoms with Gasteiger partial charge in [0.25, 0.3) is 0 Å². The van der Waals surface area contributed by atoms with Crippen LogP contribution in [0.4, 0.5) is 5.82 Å². The van der Waals surface area contributed by atoms with Crippen molar-refractivity contribution >= 4 is 5.82 Å². The third kappa shape index (κ3) is 2.69. The molecule has 0 atom stereocenters. The second-order valence-corrected chi connectivity index (χ2v) is 6.23. The van der Waals surface area contributed by atoms with Gasteiger partial charge < -0.3 is 4.90 Å². The molecule has 0 radical (unpaired) electrons. The van der Waals surface area contributed by atoms with Crippen molar-refractivity contribution < 1.29 is 0 Å². The van der Waals surface area contributed by atoms with Crippen LogP contribution in [0.5, 0.6) is 0 Å². The van der Waals surface area contributed by atoms with Crippen molar-refractivity contribution in [3.63, 3.8) is 0 Å². The highest BCUT2D eigenvalue weighted by Gasteiger charge is 2.23. The highest BCUT2D eigenvalue weighted by atomic mass is 15.5. The molecule has 0 spiro atoms. The average molecular weight is 295 g/mol. The van der Waals surface area contributed by atoms with Crippen LogP contribution in [0, 0.1) is 31.1 Å². The summed E-state index contributed by atoms with van der Waals surface area (Å²) in [6, 6.07) is 8.34. The molecule has 0 bridgehead atoms. The SMILES string of the molecule is Cc1ccc(-n2nc(C#N)c(N3CCC(C)CC3)n2)c(C)c1. The molecule has 1 aliphatic heterocycles. The van der Waals surface area contributed by atoms with Gasteiger partial charge in [0.15, 0.2) is 5.82 Å². The molecule has 3 rings (SSSR count). The van der Waals surface area contributed by atoms with Crippen LogP contribution in [0.3, 0.4) is 0 Å². The number of nitriles is 1. The maximum absolute atomic E-state index is 9.38. The first-order chi connectivity index (χ1) is 10.6. The van der Waals surface area contributed by atoms with Crippen LogP contribution in [-0.4, -0.2) is 28.1 Å². The molecule has 2 aromatic rings. The predicted molar refractivity (Wildman–Crippen MR) is 86.2 cm³/mol. The van der Waals surface area contributed by atoms with Gasteiger partial charge in [-0.3, -0.25) is 0 Å². The average Bonchev–Trinajstić information content (AvgIpc) is 2.92. The summed E-state index contributed by atoms with van der Waals surface area (Å²) in [7, 11) is 0. The van der Waals surface area contributed by atoms with Crippen LogP contribution < -0.4 is 4.90 Å². The van der Waals surface area contributed by atoms with Gasteiger partial charge >= 0.3 is 0 Å². The van der Waals surface area contributed by atoms with Gasteiger partial charge in [-0.25, -0.2) is 0 Å². The Labute approximate surface area is 131 Å². The number of hydrogen-bond acceptors (Lipinski definition) is 4. The summed E-state index contributed by atoms with van der Waals surface area (Å²) in [5, 5.41) is 18.4. The van der Waals surface area contributed by atoms with Crippen molar-refractivity contribution in [1.29, 1.82) is 5.26 Å². The first kappa shape index (κ1) is 14.6. The number of benzene rings is 1. The van der Waals surface area contributed by atoms with Crippen LogP contribution in [0.1, 0.15) is 36.6 Å². The molecule has 5 heteroatoms. The molecular formula is C17H21N5. The second-order valence-electron chi connectivity index (χ2n) is 6.23. The summed E-state index contributed by atoms with van der Waals surface area (Å²) in [4.78, 5) is 3.78.